The highest BCUT2D eigenvalue weighted by molar-refractivity contribution is 6.02. The van der Waals surface area contributed by atoms with Gasteiger partial charge in [-0.05, 0) is 73.9 Å². The van der Waals surface area contributed by atoms with Gasteiger partial charge < -0.3 is 25.4 Å². The van der Waals surface area contributed by atoms with E-state index in [1.165, 1.54) is 12.8 Å². The number of phenolic OH excluding ortho intramolecular Hbond substituents is 1. The van der Waals surface area contributed by atoms with Gasteiger partial charge in [0.1, 0.15) is 23.7 Å². The van der Waals surface area contributed by atoms with Gasteiger partial charge in [0.25, 0.3) is 0 Å². The first-order chi connectivity index (χ1) is 15.8. The largest absolute Gasteiger partial charge is 0.508 e. The summed E-state index contributed by atoms with van der Waals surface area (Å²) in [5, 5.41) is 32.7. The van der Waals surface area contributed by atoms with Gasteiger partial charge in [-0.1, -0.05) is 25.7 Å². The van der Waals surface area contributed by atoms with E-state index in [9.17, 15) is 19.8 Å². The van der Waals surface area contributed by atoms with E-state index in [2.05, 4.69) is 5.32 Å². The standard InChI is InChI=1S/C26H31NO6/c1-15-11-21(27-24(30)14-25(31)32)18-7-4-8-19(18)26(15)33-17-9-10-22(28)20(13-17)23(29)12-16-5-2-3-6-16/h9-11,13,16,23,28-29H,2-8,12,14H2,1H3,(H,27,30)(H,31,32). The number of aliphatic hydroxyl groups is 1. The van der Waals surface area contributed by atoms with Gasteiger partial charge in [-0.2, -0.15) is 0 Å². The number of phenols is 1. The van der Waals surface area contributed by atoms with Crippen molar-refractivity contribution >= 4 is 17.6 Å². The first-order valence-electron chi connectivity index (χ1n) is 11.7. The number of ether oxygens (including phenoxy) is 1. The molecule has 2 aromatic carbocycles. The number of carboxylic acids is 1. The fourth-order valence-electron chi connectivity index (χ4n) is 5.15. The predicted molar refractivity (Wildman–Crippen MR) is 124 cm³/mol. The predicted octanol–water partition coefficient (Wildman–Crippen LogP) is 5.01. The van der Waals surface area contributed by atoms with Crippen LogP contribution in [-0.2, 0) is 22.4 Å². The number of hydrogen-bond donors (Lipinski definition) is 4. The van der Waals surface area contributed by atoms with Crippen LogP contribution in [0, 0.1) is 12.8 Å². The number of anilines is 1. The zero-order valence-electron chi connectivity index (χ0n) is 18.9. The molecule has 0 heterocycles. The van der Waals surface area contributed by atoms with Crippen LogP contribution in [-0.4, -0.2) is 27.2 Å². The molecule has 2 aliphatic carbocycles. The molecule has 1 amide bonds. The number of fused-ring (bicyclic) bond motifs is 1. The summed E-state index contributed by atoms with van der Waals surface area (Å²) in [6.07, 6.45) is 6.44. The van der Waals surface area contributed by atoms with Gasteiger partial charge in [0.15, 0.2) is 0 Å². The molecular formula is C26H31NO6. The van der Waals surface area contributed by atoms with Crippen molar-refractivity contribution in [3.05, 3.63) is 46.5 Å². The van der Waals surface area contributed by atoms with E-state index in [1.807, 2.05) is 13.0 Å². The fourth-order valence-corrected chi connectivity index (χ4v) is 5.15. The highest BCUT2D eigenvalue weighted by Crippen LogP contribution is 2.42. The molecule has 0 aliphatic heterocycles. The number of hydrogen-bond acceptors (Lipinski definition) is 5. The first-order valence-corrected chi connectivity index (χ1v) is 11.7. The molecule has 4 rings (SSSR count). The normalized spacial score (nSPS) is 16.4. The Morgan fingerprint density at radius 1 is 1.12 bits per heavy atom. The third-order valence-corrected chi connectivity index (χ3v) is 6.73. The molecule has 1 unspecified atom stereocenters. The molecule has 0 spiro atoms. The maximum atomic E-state index is 12.0. The molecular weight excluding hydrogens is 422 g/mol. The first kappa shape index (κ1) is 23.1. The van der Waals surface area contributed by atoms with Crippen LogP contribution in [0.1, 0.15) is 73.3 Å². The van der Waals surface area contributed by atoms with E-state index < -0.39 is 24.4 Å². The van der Waals surface area contributed by atoms with Crippen molar-refractivity contribution in [1.82, 2.24) is 0 Å². The monoisotopic (exact) mass is 453 g/mol. The molecule has 0 bridgehead atoms. The topological polar surface area (TPSA) is 116 Å². The molecule has 176 valence electrons. The second-order valence-corrected chi connectivity index (χ2v) is 9.22. The summed E-state index contributed by atoms with van der Waals surface area (Å²) < 4.78 is 6.26. The van der Waals surface area contributed by atoms with E-state index in [1.54, 1.807) is 18.2 Å². The molecule has 2 aliphatic rings. The van der Waals surface area contributed by atoms with Crippen LogP contribution in [0.5, 0.6) is 17.2 Å². The molecule has 0 radical (unpaired) electrons. The summed E-state index contributed by atoms with van der Waals surface area (Å²) in [6, 6.07) is 6.76. The summed E-state index contributed by atoms with van der Waals surface area (Å²) in [5.74, 6) is 0.0709. The van der Waals surface area contributed by atoms with Crippen LogP contribution in [0.25, 0.3) is 0 Å². The van der Waals surface area contributed by atoms with Crippen LogP contribution in [0.2, 0.25) is 0 Å². The lowest BCUT2D eigenvalue weighted by molar-refractivity contribution is -0.139. The highest BCUT2D eigenvalue weighted by atomic mass is 16.5. The maximum Gasteiger partial charge on any atom is 0.312 e. The maximum absolute atomic E-state index is 12.0. The summed E-state index contributed by atoms with van der Waals surface area (Å²) in [6.45, 7) is 1.89. The van der Waals surface area contributed by atoms with E-state index in [0.717, 1.165) is 48.8 Å². The second-order valence-electron chi connectivity index (χ2n) is 9.22. The smallest absolute Gasteiger partial charge is 0.312 e. The van der Waals surface area contributed by atoms with Crippen LogP contribution in [0.15, 0.2) is 24.3 Å². The summed E-state index contributed by atoms with van der Waals surface area (Å²) in [4.78, 5) is 22.8. The molecule has 4 N–H and O–H groups in total. The van der Waals surface area contributed by atoms with Gasteiger partial charge in [0.2, 0.25) is 5.91 Å². The number of benzene rings is 2. The molecule has 1 fully saturated rings. The Kier molecular flexibility index (Phi) is 6.88. The lowest BCUT2D eigenvalue weighted by Crippen LogP contribution is -2.17. The number of carbonyl (C=O) groups excluding carboxylic acids is 1. The number of nitrogens with one attached hydrogen (secondary N) is 1. The molecule has 7 nitrogen and oxygen atoms in total. The number of aliphatic hydroxyl groups excluding tert-OH is 1. The SMILES string of the molecule is Cc1cc(NC(=O)CC(=O)O)c2c(c1Oc1ccc(O)c(C(O)CC3CCCC3)c1)CCC2. The number of carbonyl (C=O) groups is 2. The van der Waals surface area contributed by atoms with Crippen molar-refractivity contribution in [3.8, 4) is 17.2 Å². The van der Waals surface area contributed by atoms with Gasteiger partial charge in [-0.15, -0.1) is 0 Å². The zero-order valence-corrected chi connectivity index (χ0v) is 18.9. The molecule has 0 aromatic heterocycles. The van der Waals surface area contributed by atoms with E-state index >= 15 is 0 Å². The third kappa shape index (κ3) is 5.30. The number of amides is 1. The van der Waals surface area contributed by atoms with Crippen molar-refractivity contribution in [2.75, 3.05) is 5.32 Å². The van der Waals surface area contributed by atoms with Gasteiger partial charge >= 0.3 is 5.97 Å². The average Bonchev–Trinajstić information content (AvgIpc) is 3.43. The van der Waals surface area contributed by atoms with Gasteiger partial charge in [-0.3, -0.25) is 9.59 Å². The second kappa shape index (κ2) is 9.83. The van der Waals surface area contributed by atoms with Crippen molar-refractivity contribution < 1.29 is 29.6 Å². The Morgan fingerprint density at radius 2 is 1.85 bits per heavy atom. The Morgan fingerprint density at radius 3 is 2.58 bits per heavy atom. The lowest BCUT2D eigenvalue weighted by atomic mass is 9.95. The molecule has 1 atom stereocenters. The Bertz CT molecular complexity index is 1060. The fraction of sp³-hybridized carbons (Fsp3) is 0.462. The molecule has 2 aromatic rings. The summed E-state index contributed by atoms with van der Waals surface area (Å²) in [7, 11) is 0. The van der Waals surface area contributed by atoms with Gasteiger partial charge in [-0.25, -0.2) is 0 Å². The zero-order chi connectivity index (χ0) is 23.5. The molecule has 33 heavy (non-hydrogen) atoms. The van der Waals surface area contributed by atoms with E-state index in [-0.39, 0.29) is 5.75 Å². The number of rotatable bonds is 8. The van der Waals surface area contributed by atoms with Crippen molar-refractivity contribution in [1.29, 1.82) is 0 Å². The number of aromatic hydroxyl groups is 1. The third-order valence-electron chi connectivity index (χ3n) is 6.73. The van der Waals surface area contributed by atoms with Crippen LogP contribution in [0.4, 0.5) is 5.69 Å². The minimum atomic E-state index is -1.17. The number of carboxylic acid groups (broad SMARTS) is 1. The van der Waals surface area contributed by atoms with E-state index in [4.69, 9.17) is 9.84 Å². The Hall–Kier alpha value is -3.06. The molecule has 0 saturated heterocycles. The Balaban J connectivity index is 1.57. The van der Waals surface area contributed by atoms with Crippen molar-refractivity contribution in [2.24, 2.45) is 5.92 Å². The summed E-state index contributed by atoms with van der Waals surface area (Å²) in [5.41, 5.74) is 3.90. The quantitative estimate of drug-likeness (QED) is 0.418. The van der Waals surface area contributed by atoms with Crippen molar-refractivity contribution in [2.45, 2.75) is 70.8 Å². The Labute approximate surface area is 193 Å². The van der Waals surface area contributed by atoms with Crippen molar-refractivity contribution in [3.63, 3.8) is 0 Å². The van der Waals surface area contributed by atoms with Gasteiger partial charge in [0, 0.05) is 16.8 Å². The number of aryl methyl sites for hydroxylation is 1. The average molecular weight is 454 g/mol. The molecule has 1 saturated carbocycles. The minimum Gasteiger partial charge on any atom is -0.508 e. The minimum absolute atomic E-state index is 0.0614. The van der Waals surface area contributed by atoms with Gasteiger partial charge in [0.05, 0.1) is 6.10 Å². The summed E-state index contributed by atoms with van der Waals surface area (Å²) >= 11 is 0. The van der Waals surface area contributed by atoms with Crippen LogP contribution >= 0.6 is 0 Å². The highest BCUT2D eigenvalue weighted by Gasteiger charge is 2.25. The van der Waals surface area contributed by atoms with E-state index in [0.29, 0.717) is 35.1 Å². The van der Waals surface area contributed by atoms with Crippen LogP contribution < -0.4 is 10.1 Å². The molecule has 7 heteroatoms. The number of aliphatic carboxylic acids is 1. The lowest BCUT2D eigenvalue weighted by Gasteiger charge is -2.20. The van der Waals surface area contributed by atoms with Crippen LogP contribution in [0.3, 0.4) is 0 Å².